The van der Waals surface area contributed by atoms with Crippen molar-refractivity contribution in [3.8, 4) is 17.0 Å². The molecular formula is C28H29N3O4. The Morgan fingerprint density at radius 1 is 0.971 bits per heavy atom. The fourth-order valence-corrected chi connectivity index (χ4v) is 4.02. The van der Waals surface area contributed by atoms with Crippen LogP contribution in [0.5, 0.6) is 5.75 Å². The lowest BCUT2D eigenvalue weighted by Gasteiger charge is -2.17. The molecule has 1 aromatic heterocycles. The van der Waals surface area contributed by atoms with Crippen molar-refractivity contribution in [2.75, 3.05) is 31.0 Å². The van der Waals surface area contributed by atoms with Crippen molar-refractivity contribution in [3.05, 3.63) is 78.4 Å². The molecule has 0 saturated heterocycles. The van der Waals surface area contributed by atoms with Crippen LogP contribution in [0.15, 0.2) is 72.8 Å². The van der Waals surface area contributed by atoms with E-state index in [0.717, 1.165) is 33.5 Å². The summed E-state index contributed by atoms with van der Waals surface area (Å²) in [4.78, 5) is 29.6. The highest BCUT2D eigenvalue weighted by Gasteiger charge is 2.15. The largest absolute Gasteiger partial charge is 0.497 e. The highest BCUT2D eigenvalue weighted by atomic mass is 16.6. The quantitative estimate of drug-likeness (QED) is 0.330. The average Bonchev–Trinajstić information content (AvgIpc) is 3.26. The van der Waals surface area contributed by atoms with E-state index in [9.17, 15) is 9.59 Å². The number of ether oxygens (including phenoxy) is 2. The van der Waals surface area contributed by atoms with Gasteiger partial charge in [0.15, 0.2) is 0 Å². The van der Waals surface area contributed by atoms with Gasteiger partial charge >= 0.3 is 6.09 Å². The van der Waals surface area contributed by atoms with Crippen molar-refractivity contribution >= 4 is 34.3 Å². The molecule has 0 aliphatic carbocycles. The van der Waals surface area contributed by atoms with E-state index in [4.69, 9.17) is 9.47 Å². The van der Waals surface area contributed by atoms with Crippen molar-refractivity contribution in [1.29, 1.82) is 0 Å². The lowest BCUT2D eigenvalue weighted by molar-refractivity contribution is -0.116. The van der Waals surface area contributed by atoms with E-state index in [1.54, 1.807) is 45.3 Å². The van der Waals surface area contributed by atoms with Gasteiger partial charge in [-0.2, -0.15) is 0 Å². The number of carbonyl (C=O) groups is 2. The molecule has 7 nitrogen and oxygen atoms in total. The second kappa shape index (κ2) is 10.8. The number of benzene rings is 3. The van der Waals surface area contributed by atoms with Crippen molar-refractivity contribution in [1.82, 2.24) is 4.98 Å². The zero-order valence-corrected chi connectivity index (χ0v) is 20.1. The molecule has 180 valence electrons. The molecule has 0 saturated carbocycles. The number of aromatic amines is 1. The van der Waals surface area contributed by atoms with Crippen LogP contribution in [0.25, 0.3) is 22.2 Å². The summed E-state index contributed by atoms with van der Waals surface area (Å²) >= 11 is 0. The second-order valence-corrected chi connectivity index (χ2v) is 8.11. The molecule has 2 amide bonds. The topological polar surface area (TPSA) is 83.7 Å². The van der Waals surface area contributed by atoms with Gasteiger partial charge in [0, 0.05) is 41.4 Å². The molecule has 0 aliphatic heterocycles. The van der Waals surface area contributed by atoms with Crippen molar-refractivity contribution in [2.24, 2.45) is 0 Å². The maximum atomic E-state index is 12.8. The fraction of sp³-hybridized carbons (Fsp3) is 0.214. The SMILES string of the molecule is CCOC(=O)N(C)c1ccc(NC(=O)CCc2c(-c3ccc(OC)cc3)[nH]c3ccccc23)cc1. The fourth-order valence-electron chi connectivity index (χ4n) is 4.02. The molecule has 0 unspecified atom stereocenters. The Hall–Kier alpha value is -4.26. The first-order valence-corrected chi connectivity index (χ1v) is 11.5. The molecule has 0 aliphatic rings. The molecule has 2 N–H and O–H groups in total. The van der Waals surface area contributed by atoms with E-state index >= 15 is 0 Å². The van der Waals surface area contributed by atoms with Gasteiger partial charge < -0.3 is 19.8 Å². The summed E-state index contributed by atoms with van der Waals surface area (Å²) in [5.74, 6) is 0.715. The Morgan fingerprint density at radius 2 is 1.69 bits per heavy atom. The molecule has 35 heavy (non-hydrogen) atoms. The van der Waals surface area contributed by atoms with Gasteiger partial charge in [-0.15, -0.1) is 0 Å². The van der Waals surface area contributed by atoms with Crippen LogP contribution in [-0.4, -0.2) is 37.7 Å². The molecule has 7 heteroatoms. The summed E-state index contributed by atoms with van der Waals surface area (Å²) in [6.07, 6.45) is 0.492. The molecule has 3 aromatic carbocycles. The smallest absolute Gasteiger partial charge is 0.413 e. The minimum absolute atomic E-state index is 0.0811. The number of hydrogen-bond acceptors (Lipinski definition) is 4. The third-order valence-electron chi connectivity index (χ3n) is 5.87. The molecule has 4 aromatic rings. The maximum absolute atomic E-state index is 12.8. The predicted octanol–water partition coefficient (Wildman–Crippen LogP) is 6.01. The van der Waals surface area contributed by atoms with Crippen molar-refractivity contribution < 1.29 is 19.1 Å². The Morgan fingerprint density at radius 3 is 2.37 bits per heavy atom. The third-order valence-corrected chi connectivity index (χ3v) is 5.87. The molecule has 0 radical (unpaired) electrons. The monoisotopic (exact) mass is 471 g/mol. The van der Waals surface area contributed by atoms with Gasteiger partial charge in [-0.3, -0.25) is 9.69 Å². The summed E-state index contributed by atoms with van der Waals surface area (Å²) in [5, 5.41) is 4.06. The van der Waals surface area contributed by atoms with Gasteiger partial charge in [0.05, 0.1) is 13.7 Å². The van der Waals surface area contributed by atoms with E-state index < -0.39 is 6.09 Å². The van der Waals surface area contributed by atoms with Crippen molar-refractivity contribution in [2.45, 2.75) is 19.8 Å². The van der Waals surface area contributed by atoms with Gasteiger partial charge in [0.1, 0.15) is 5.75 Å². The minimum atomic E-state index is -0.421. The molecular weight excluding hydrogens is 442 g/mol. The number of nitrogens with zero attached hydrogens (tertiary/aromatic N) is 1. The molecule has 4 rings (SSSR count). The van der Waals surface area contributed by atoms with Crippen LogP contribution in [0.2, 0.25) is 0 Å². The lowest BCUT2D eigenvalue weighted by Crippen LogP contribution is -2.26. The van der Waals surface area contributed by atoms with Crippen LogP contribution >= 0.6 is 0 Å². The van der Waals surface area contributed by atoms with E-state index in [1.165, 1.54) is 4.90 Å². The highest BCUT2D eigenvalue weighted by Crippen LogP contribution is 2.32. The summed E-state index contributed by atoms with van der Waals surface area (Å²) in [6, 6.07) is 23.1. The van der Waals surface area contributed by atoms with Gasteiger partial charge in [-0.25, -0.2) is 4.79 Å². The van der Waals surface area contributed by atoms with Crippen molar-refractivity contribution in [3.63, 3.8) is 0 Å². The summed E-state index contributed by atoms with van der Waals surface area (Å²) < 4.78 is 10.3. The predicted molar refractivity (Wildman–Crippen MR) is 139 cm³/mol. The number of fused-ring (bicyclic) bond motifs is 1. The summed E-state index contributed by atoms with van der Waals surface area (Å²) in [7, 11) is 3.29. The summed E-state index contributed by atoms with van der Waals surface area (Å²) in [6.45, 7) is 2.08. The van der Waals surface area contributed by atoms with E-state index in [0.29, 0.717) is 30.8 Å². The Labute approximate surface area is 204 Å². The number of aryl methyl sites for hydroxylation is 1. The molecule has 0 fully saturated rings. The van der Waals surface area contributed by atoms with Crippen LogP contribution in [-0.2, 0) is 16.0 Å². The zero-order chi connectivity index (χ0) is 24.8. The number of amides is 2. The van der Waals surface area contributed by atoms with Gasteiger partial charge in [-0.05, 0) is 79.1 Å². The lowest BCUT2D eigenvalue weighted by atomic mass is 10.0. The first-order chi connectivity index (χ1) is 17.0. The molecule has 0 spiro atoms. The molecule has 0 bridgehead atoms. The highest BCUT2D eigenvalue weighted by molar-refractivity contribution is 5.94. The van der Waals surface area contributed by atoms with Gasteiger partial charge in [-0.1, -0.05) is 18.2 Å². The van der Waals surface area contributed by atoms with E-state index in [2.05, 4.69) is 16.4 Å². The number of methoxy groups -OCH3 is 1. The average molecular weight is 472 g/mol. The van der Waals surface area contributed by atoms with Gasteiger partial charge in [0.2, 0.25) is 5.91 Å². The normalized spacial score (nSPS) is 10.7. The first kappa shape index (κ1) is 23.9. The molecule has 1 heterocycles. The molecule has 0 atom stereocenters. The Balaban J connectivity index is 1.46. The zero-order valence-electron chi connectivity index (χ0n) is 20.1. The number of para-hydroxylation sites is 1. The van der Waals surface area contributed by atoms with Gasteiger partial charge in [0.25, 0.3) is 0 Å². The van der Waals surface area contributed by atoms with Crippen LogP contribution < -0.4 is 15.0 Å². The first-order valence-electron chi connectivity index (χ1n) is 11.5. The number of hydrogen-bond donors (Lipinski definition) is 2. The third kappa shape index (κ3) is 5.46. The van der Waals surface area contributed by atoms with E-state index in [1.807, 2.05) is 42.5 Å². The number of nitrogens with one attached hydrogen (secondary N) is 2. The Kier molecular flexibility index (Phi) is 7.35. The van der Waals surface area contributed by atoms with Crippen LogP contribution in [0.3, 0.4) is 0 Å². The Bertz CT molecular complexity index is 1310. The number of H-pyrrole nitrogens is 1. The second-order valence-electron chi connectivity index (χ2n) is 8.11. The van der Waals surface area contributed by atoms with Crippen LogP contribution in [0, 0.1) is 0 Å². The van der Waals surface area contributed by atoms with Crippen LogP contribution in [0.1, 0.15) is 18.9 Å². The minimum Gasteiger partial charge on any atom is -0.497 e. The standard InChI is InChI=1S/C28H29N3O4/c1-4-35-28(33)31(2)21-13-11-20(12-14-21)29-26(32)18-17-24-23-7-5-6-8-25(23)30-27(24)19-9-15-22(34-3)16-10-19/h5-16,30H,4,17-18H2,1-3H3,(H,29,32). The number of carbonyl (C=O) groups excluding carboxylic acids is 2. The number of rotatable bonds is 8. The van der Waals surface area contributed by atoms with Crippen LogP contribution in [0.4, 0.5) is 16.2 Å². The number of anilines is 2. The van der Waals surface area contributed by atoms with E-state index in [-0.39, 0.29) is 5.91 Å². The number of aromatic nitrogens is 1. The summed E-state index contributed by atoms with van der Waals surface area (Å²) in [5.41, 5.74) is 5.55. The maximum Gasteiger partial charge on any atom is 0.413 e.